The summed E-state index contributed by atoms with van der Waals surface area (Å²) in [6.45, 7) is 7.98. The average molecular weight is 487 g/mol. The number of nitrogens with one attached hydrogen (secondary N) is 1. The van der Waals surface area contributed by atoms with E-state index in [2.05, 4.69) is 25.1 Å². The second-order valence-electron chi connectivity index (χ2n) is 9.41. The number of carboxylic acids is 1. The molecule has 0 aliphatic heterocycles. The maximum Gasteiger partial charge on any atom is 0.426 e. The third kappa shape index (κ3) is 8.64. The van der Waals surface area contributed by atoms with Gasteiger partial charge in [-0.1, -0.05) is 74.2 Å². The lowest BCUT2D eigenvalue weighted by atomic mass is 10.0. The fourth-order valence-electron chi connectivity index (χ4n) is 3.19. The number of carbonyl (C=O) groups excluding carboxylic acids is 2. The molecule has 2 atom stereocenters. The molecular weight excluding hydrogens is 452 g/mol. The predicted molar refractivity (Wildman–Crippen MR) is 133 cm³/mol. The van der Waals surface area contributed by atoms with Gasteiger partial charge in [-0.25, -0.2) is 20.0 Å². The van der Waals surface area contributed by atoms with E-state index in [1.165, 1.54) is 6.92 Å². The molecule has 0 saturated carbocycles. The fourth-order valence-corrected chi connectivity index (χ4v) is 3.90. The van der Waals surface area contributed by atoms with Gasteiger partial charge in [0.05, 0.1) is 12.6 Å². The summed E-state index contributed by atoms with van der Waals surface area (Å²) in [6, 6.07) is 17.3. The topological polar surface area (TPSA) is 116 Å². The van der Waals surface area contributed by atoms with Crippen molar-refractivity contribution in [2.45, 2.75) is 57.6 Å². The molecular formula is C25H34N2O6Si. The first-order valence-corrected chi connectivity index (χ1v) is 15.0. The summed E-state index contributed by atoms with van der Waals surface area (Å²) in [7, 11) is -1.42. The molecule has 9 heteroatoms. The number of ether oxygens (including phenoxy) is 1. The normalized spacial score (nSPS) is 13.0. The number of aryl methyl sites for hydroxylation is 1. The number of hydrogen-bond donors (Lipinski definition) is 3. The highest BCUT2D eigenvalue weighted by molar-refractivity contribution is 6.76. The molecule has 0 spiro atoms. The van der Waals surface area contributed by atoms with E-state index in [4.69, 9.17) is 9.84 Å². The lowest BCUT2D eigenvalue weighted by molar-refractivity contribution is -0.154. The second-order valence-corrected chi connectivity index (χ2v) is 15.0. The number of aliphatic carboxylic acids is 1. The molecule has 184 valence electrons. The highest BCUT2D eigenvalue weighted by Gasteiger charge is 2.32. The van der Waals surface area contributed by atoms with Crippen LogP contribution in [0.3, 0.4) is 0 Å². The van der Waals surface area contributed by atoms with Crippen molar-refractivity contribution in [2.75, 3.05) is 6.61 Å². The number of aliphatic hydroxyl groups is 1. The Morgan fingerprint density at radius 3 is 2.15 bits per heavy atom. The zero-order valence-corrected chi connectivity index (χ0v) is 21.2. The van der Waals surface area contributed by atoms with Crippen molar-refractivity contribution in [1.82, 2.24) is 10.4 Å². The van der Waals surface area contributed by atoms with Crippen molar-refractivity contribution < 1.29 is 29.3 Å². The molecule has 2 rings (SSSR count). The van der Waals surface area contributed by atoms with E-state index in [0.29, 0.717) is 6.42 Å². The molecule has 2 aromatic rings. The molecule has 0 saturated heterocycles. The minimum Gasteiger partial charge on any atom is -0.479 e. The lowest BCUT2D eigenvalue weighted by Gasteiger charge is -2.30. The monoisotopic (exact) mass is 486 g/mol. The summed E-state index contributed by atoms with van der Waals surface area (Å²) in [6.07, 6.45) is -2.33. The van der Waals surface area contributed by atoms with Crippen molar-refractivity contribution in [2.24, 2.45) is 0 Å². The Morgan fingerprint density at radius 2 is 1.59 bits per heavy atom. The summed E-state index contributed by atoms with van der Waals surface area (Å²) in [5.74, 6) is -2.02. The number of amides is 2. The quantitative estimate of drug-likeness (QED) is 0.346. The number of carbonyl (C=O) groups is 3. The Hall–Kier alpha value is -3.17. The van der Waals surface area contributed by atoms with Crippen LogP contribution in [0.4, 0.5) is 4.79 Å². The average Bonchev–Trinajstić information content (AvgIpc) is 2.80. The minimum absolute atomic E-state index is 0.0105. The van der Waals surface area contributed by atoms with E-state index >= 15 is 0 Å². The van der Waals surface area contributed by atoms with E-state index in [9.17, 15) is 19.5 Å². The maximum atomic E-state index is 12.9. The molecule has 34 heavy (non-hydrogen) atoms. The van der Waals surface area contributed by atoms with E-state index in [1.807, 2.05) is 54.6 Å². The van der Waals surface area contributed by atoms with Gasteiger partial charge in [-0.3, -0.25) is 4.79 Å². The smallest absolute Gasteiger partial charge is 0.426 e. The zero-order valence-electron chi connectivity index (χ0n) is 20.2. The molecule has 0 heterocycles. The number of rotatable bonds is 10. The van der Waals surface area contributed by atoms with Gasteiger partial charge >= 0.3 is 12.1 Å². The Labute approximate surface area is 201 Å². The van der Waals surface area contributed by atoms with E-state index in [-0.39, 0.29) is 13.0 Å². The molecule has 0 fully saturated rings. The number of nitrogens with zero attached hydrogens (tertiary/aromatic N) is 1. The summed E-state index contributed by atoms with van der Waals surface area (Å²) in [5, 5.41) is 20.0. The first-order chi connectivity index (χ1) is 16.0. The molecule has 3 N–H and O–H groups in total. The predicted octanol–water partition coefficient (Wildman–Crippen LogP) is 3.93. The van der Waals surface area contributed by atoms with Gasteiger partial charge in [0, 0.05) is 14.5 Å². The number of aliphatic hydroxyl groups excluding tert-OH is 1. The van der Waals surface area contributed by atoms with Crippen molar-refractivity contribution in [1.29, 1.82) is 0 Å². The van der Waals surface area contributed by atoms with Crippen LogP contribution in [0.1, 0.15) is 18.9 Å². The summed E-state index contributed by atoms with van der Waals surface area (Å²) in [5.41, 5.74) is 5.38. The minimum atomic E-state index is -1.86. The van der Waals surface area contributed by atoms with Crippen LogP contribution in [0.2, 0.25) is 25.7 Å². The molecule has 0 unspecified atom stereocenters. The molecule has 2 aromatic carbocycles. The SMILES string of the molecule is C[C@@H]([C@H](O)C(=O)O)N(NC(=O)OCC[Si](C)(C)C)C(=O)CCc1ccc(-c2ccccc2)cc1. The third-order valence-corrected chi connectivity index (χ3v) is 7.08. The lowest BCUT2D eigenvalue weighted by Crippen LogP contribution is -2.56. The Kier molecular flexibility index (Phi) is 9.82. The van der Waals surface area contributed by atoms with Gasteiger partial charge in [0.25, 0.3) is 0 Å². The number of hydrazine groups is 1. The Morgan fingerprint density at radius 1 is 1.00 bits per heavy atom. The van der Waals surface area contributed by atoms with Crippen molar-refractivity contribution >= 4 is 26.0 Å². The van der Waals surface area contributed by atoms with Gasteiger partial charge in [-0.05, 0) is 36.1 Å². The Balaban J connectivity index is 2.02. The van der Waals surface area contributed by atoms with Gasteiger partial charge < -0.3 is 14.9 Å². The van der Waals surface area contributed by atoms with Crippen LogP contribution in [0.25, 0.3) is 11.1 Å². The van der Waals surface area contributed by atoms with E-state index in [1.54, 1.807) is 0 Å². The van der Waals surface area contributed by atoms with Crippen molar-refractivity contribution in [3.8, 4) is 11.1 Å². The molecule has 0 radical (unpaired) electrons. The maximum absolute atomic E-state index is 12.9. The molecule has 0 aliphatic rings. The standard InChI is InChI=1S/C25H34N2O6Si/c1-18(23(29)24(30)31)27(26-25(32)33-16-17-34(2,3)4)22(28)15-12-19-10-13-21(14-11-19)20-8-6-5-7-9-20/h5-11,13-14,18,23,29H,12,15-17H2,1-4H3,(H,26,32)(H,30,31)/t18-,23-/m0/s1. The van der Waals surface area contributed by atoms with Crippen LogP contribution in [0.15, 0.2) is 54.6 Å². The van der Waals surface area contributed by atoms with Crippen LogP contribution < -0.4 is 5.43 Å². The van der Waals surface area contributed by atoms with Gasteiger partial charge in [0.2, 0.25) is 5.91 Å². The van der Waals surface area contributed by atoms with Crippen LogP contribution in [0.5, 0.6) is 0 Å². The first-order valence-electron chi connectivity index (χ1n) is 11.3. The highest BCUT2D eigenvalue weighted by Crippen LogP contribution is 2.20. The largest absolute Gasteiger partial charge is 0.479 e. The van der Waals surface area contributed by atoms with Crippen molar-refractivity contribution in [3.05, 3.63) is 60.2 Å². The van der Waals surface area contributed by atoms with Crippen LogP contribution in [-0.2, 0) is 20.7 Å². The number of carboxylic acid groups (broad SMARTS) is 1. The second kappa shape index (κ2) is 12.3. The first kappa shape index (κ1) is 27.1. The molecule has 0 aliphatic carbocycles. The van der Waals surface area contributed by atoms with Gasteiger partial charge in [-0.2, -0.15) is 0 Å². The van der Waals surface area contributed by atoms with Crippen LogP contribution in [0, 0.1) is 0 Å². The number of benzene rings is 2. The molecule has 0 bridgehead atoms. The highest BCUT2D eigenvalue weighted by atomic mass is 28.3. The number of hydrogen-bond acceptors (Lipinski definition) is 5. The van der Waals surface area contributed by atoms with Gasteiger partial charge in [-0.15, -0.1) is 0 Å². The zero-order chi connectivity index (χ0) is 25.3. The summed E-state index contributed by atoms with van der Waals surface area (Å²) >= 11 is 0. The fraction of sp³-hybridized carbons (Fsp3) is 0.400. The molecule has 8 nitrogen and oxygen atoms in total. The van der Waals surface area contributed by atoms with Gasteiger partial charge in [0.1, 0.15) is 0 Å². The summed E-state index contributed by atoms with van der Waals surface area (Å²) < 4.78 is 5.17. The van der Waals surface area contributed by atoms with E-state index < -0.39 is 38.2 Å². The van der Waals surface area contributed by atoms with Crippen LogP contribution >= 0.6 is 0 Å². The van der Waals surface area contributed by atoms with Crippen LogP contribution in [-0.4, -0.2) is 60.0 Å². The summed E-state index contributed by atoms with van der Waals surface area (Å²) in [4.78, 5) is 36.4. The molecule has 2 amide bonds. The van der Waals surface area contributed by atoms with E-state index in [0.717, 1.165) is 27.7 Å². The molecule has 0 aromatic heterocycles. The third-order valence-electron chi connectivity index (χ3n) is 5.37. The van der Waals surface area contributed by atoms with Crippen molar-refractivity contribution in [3.63, 3.8) is 0 Å². The Bertz CT molecular complexity index is 960. The van der Waals surface area contributed by atoms with Gasteiger partial charge in [0.15, 0.2) is 6.10 Å².